The van der Waals surface area contributed by atoms with Crippen LogP contribution in [-0.2, 0) is 95.2 Å². The first kappa shape index (κ1) is 93.0. The minimum Gasteiger partial charge on any atom is -0.449 e. The summed E-state index contributed by atoms with van der Waals surface area (Å²) in [7, 11) is 5.46. The van der Waals surface area contributed by atoms with Gasteiger partial charge in [0, 0.05) is 118 Å². The minimum absolute atomic E-state index is 0.00160. The molecule has 16 atom stereocenters. The highest BCUT2D eigenvalue weighted by atomic mass is 19.3. The summed E-state index contributed by atoms with van der Waals surface area (Å²) in [4.78, 5) is 214. The van der Waals surface area contributed by atoms with Crippen LogP contribution in [0.25, 0.3) is 0 Å². The number of allylic oxidation sites excluding steroid dienone is 8. The number of nitrogens with zero attached hydrogens (tertiary/aromatic N) is 16. The lowest BCUT2D eigenvalue weighted by Crippen LogP contribution is -2.56. The fraction of sp³-hybridized carbons (Fsp3) is 0.518. The number of hydrogen-bond acceptors (Lipinski definition) is 44. The Morgan fingerprint density at radius 2 is 0.715 bits per heavy atom. The van der Waals surface area contributed by atoms with Crippen molar-refractivity contribution in [3.63, 3.8) is 0 Å². The van der Waals surface area contributed by atoms with Gasteiger partial charge in [0.2, 0.25) is 46.3 Å². The minimum atomic E-state index is -3.97. The van der Waals surface area contributed by atoms with Gasteiger partial charge in [0.25, 0.3) is 5.66 Å². The van der Waals surface area contributed by atoms with E-state index in [1.54, 1.807) is 14.7 Å². The number of amides is 8. The number of carbonyl (C=O) groups excluding carboxylic acids is 16. The molecule has 0 saturated carbocycles. The molecular formula is C83H84F2N24O28. The zero-order chi connectivity index (χ0) is 99.4. The van der Waals surface area contributed by atoms with Gasteiger partial charge in [-0.2, -0.15) is 19.0 Å². The first-order valence-electron chi connectivity index (χ1n) is 41.9. The Morgan fingerprint density at radius 1 is 0.409 bits per heavy atom. The number of alkyl halides is 2. The van der Waals surface area contributed by atoms with Gasteiger partial charge in [-0.05, 0) is 39.5 Å². The third kappa shape index (κ3) is 13.3. The lowest BCUT2D eigenvalue weighted by Gasteiger charge is -2.40. The lowest BCUT2D eigenvalue weighted by atomic mass is 9.82. The average molecular weight is 1900 g/mol. The molecule has 16 heterocycles. The van der Waals surface area contributed by atoms with E-state index < -0.39 is 213 Å². The monoisotopic (exact) mass is 1900 g/mol. The number of Topliss-reactive ketones (excluding diaryl/α,β-unsaturated/α-hetero) is 8. The Balaban J connectivity index is 0.000000127. The molecule has 54 heteroatoms. The summed E-state index contributed by atoms with van der Waals surface area (Å²) in [5.41, 5.74) is 37.0. The van der Waals surface area contributed by atoms with Crippen molar-refractivity contribution in [1.82, 2.24) is 39.2 Å². The summed E-state index contributed by atoms with van der Waals surface area (Å²) in [6.07, 6.45) is 14.8. The number of primary amides is 4. The molecule has 0 spiro atoms. The Hall–Kier alpha value is -15.8. The molecule has 4 aliphatic carbocycles. The van der Waals surface area contributed by atoms with E-state index in [2.05, 4.69) is 58.7 Å². The standard InChI is InChI=1S/C23H26N6O7.C20H18F2N6O7.2C20H20N6O7/c1-4-5-6-22(26-27-22)7-8-35-21(33)29-13-9-28-16-14(18(31)15(24)11(2)17(16)30)12(10-36-20(25)32)23(28,34-3)19(13)29;1-4-18(21,22)20(25-26-20)35-17(32)28-9-5-27-12-10(14(30)11(23)7(2)13(12)29)8(6-34-16(24)31)19(27,33-3)15(9)28;1-4-19(23-24-19)7-33-18(30)26-10-5-25-13-11(15(28)12(21)8(2)14(13)27)9(6-32-17(22)29)20(25,31-3)16(10)26;1-4-5-19(23-24-19)33-18(30)26-10-6-25-13-11(15(28)12(21)8(2)14(13)27)9(7-32-17(22)29)20(25,31-3)16(10)26/h1,12-13,19H,5-10,24H2,2-3H3,(H2,25,32);1,8-9,15H,5-6,23H2,2-3H3,(H2,24,31);2*1,9-10,16H,5-7,21H2,2-3H3,(H2,22,29)/t12-,13+,19+,23-,29?;8-,9+,15+,19-,28?;2*9-,10+,16+,20-,26?/m1111/s1. The van der Waals surface area contributed by atoms with Gasteiger partial charge in [-0.25, -0.2) is 38.4 Å². The number of halogens is 2. The molecule has 16 aliphatic heterocycles. The van der Waals surface area contributed by atoms with Gasteiger partial charge < -0.3 is 122 Å². The van der Waals surface area contributed by atoms with Gasteiger partial charge in [-0.15, -0.1) is 62.3 Å². The number of fused-ring (bicyclic) bond motifs is 16. The molecule has 8 fully saturated rings. The fourth-order valence-corrected chi connectivity index (χ4v) is 21.5. The molecule has 52 nitrogen and oxygen atoms in total. The quantitative estimate of drug-likeness (QED) is 0.0239. The van der Waals surface area contributed by atoms with Crippen LogP contribution in [0.5, 0.6) is 0 Å². The van der Waals surface area contributed by atoms with Gasteiger partial charge in [0.1, 0.15) is 50.6 Å². The Kier molecular flexibility index (Phi) is 21.5. The summed E-state index contributed by atoms with van der Waals surface area (Å²) < 4.78 is 92.6. The summed E-state index contributed by atoms with van der Waals surface area (Å²) in [5, 5.41) is 29.1. The number of methoxy groups -OCH3 is 4. The number of nitrogens with two attached hydrogens (primary N) is 8. The topological polar surface area (TPSA) is 716 Å². The van der Waals surface area contributed by atoms with E-state index in [-0.39, 0.29) is 168 Å². The van der Waals surface area contributed by atoms with Crippen molar-refractivity contribution < 1.29 is 142 Å². The highest BCUT2D eigenvalue weighted by Gasteiger charge is 2.84. The molecule has 20 rings (SSSR count). The SMILES string of the molecule is C#CC(F)(F)C1(OC(=O)N2[C@H]3[C@@H]2CN2C4=C(C(=O)C(N)=C(C)C4=O)[C@@H](COC(N)=O)[C@@]32OC)N=N1.C#CC1(COC(=O)N2[C@H]3[C@@H]2CN2C4=C(C(=O)C(N)=C(C)C4=O)[C@@H](COC(N)=O)[C@@]32OC)N=N1.C#CCC1(OC(=O)N2[C@H]3[C@@H]2CN2C4=C(C(=O)C(N)=C(C)C4=O)[C@@H](COC(N)=O)[C@@]32OC)N=N1.C#CCCC1(CCOC(=O)N2[C@H]3[C@@H]2CN2C4=C(C(=O)C(N)=C(C)C4=O)[C@@H](COC(N)=O)[C@@]32OC)N=N1. The summed E-state index contributed by atoms with van der Waals surface area (Å²) >= 11 is 0. The molecule has 0 radical (unpaired) electrons. The van der Waals surface area contributed by atoms with Crippen LogP contribution in [0.2, 0.25) is 0 Å². The number of piperazine rings is 4. The largest absolute Gasteiger partial charge is 0.449 e. The second-order valence-electron chi connectivity index (χ2n) is 34.6. The number of hydrogen-bond donors (Lipinski definition) is 8. The molecule has 0 aromatic carbocycles. The molecule has 137 heavy (non-hydrogen) atoms. The lowest BCUT2D eigenvalue weighted by molar-refractivity contribution is -0.147. The van der Waals surface area contributed by atoms with Crippen molar-refractivity contribution in [2.75, 3.05) is 94.3 Å². The average Bonchev–Trinajstić information content (AvgIpc) is 1.49. The fourth-order valence-electron chi connectivity index (χ4n) is 21.5. The summed E-state index contributed by atoms with van der Waals surface area (Å²) in [5.74, 6) is -7.68. The molecule has 20 aliphatic rings. The van der Waals surface area contributed by atoms with Crippen LogP contribution in [0.1, 0.15) is 53.4 Å². The van der Waals surface area contributed by atoms with Crippen molar-refractivity contribution >= 4 is 95.0 Å². The van der Waals surface area contributed by atoms with Gasteiger partial charge in [-0.1, -0.05) is 5.92 Å². The third-order valence-electron chi connectivity index (χ3n) is 28.4. The van der Waals surface area contributed by atoms with E-state index in [0.29, 0.717) is 19.3 Å². The van der Waals surface area contributed by atoms with Crippen LogP contribution in [0.4, 0.5) is 47.1 Å². The van der Waals surface area contributed by atoms with Crippen LogP contribution in [0.3, 0.4) is 0 Å². The van der Waals surface area contributed by atoms with E-state index >= 15 is 0 Å². The molecule has 0 unspecified atom stereocenters. The Labute approximate surface area is 771 Å². The van der Waals surface area contributed by atoms with Gasteiger partial charge in [0.15, 0.2) is 35.2 Å². The predicted octanol–water partition coefficient (Wildman–Crippen LogP) is -1.92. The molecule has 718 valence electrons. The second-order valence-corrected chi connectivity index (χ2v) is 34.6. The molecule has 16 N–H and O–H groups in total. The molecule has 8 saturated heterocycles. The van der Waals surface area contributed by atoms with E-state index in [0.717, 1.165) is 4.90 Å². The normalized spacial score (nSPS) is 31.7. The van der Waals surface area contributed by atoms with Gasteiger partial charge >= 0.3 is 66.4 Å². The van der Waals surface area contributed by atoms with Crippen molar-refractivity contribution in [3.05, 3.63) is 90.2 Å². The van der Waals surface area contributed by atoms with E-state index in [4.69, 9.17) is 128 Å². The van der Waals surface area contributed by atoms with Gasteiger partial charge in [0.05, 0.1) is 106 Å². The van der Waals surface area contributed by atoms with Crippen LogP contribution in [0, 0.1) is 73.0 Å². The van der Waals surface area contributed by atoms with E-state index in [1.165, 1.54) is 81.7 Å². The first-order valence-corrected chi connectivity index (χ1v) is 41.9. The van der Waals surface area contributed by atoms with Crippen molar-refractivity contribution in [3.8, 4) is 49.4 Å². The number of terminal acetylenes is 4. The van der Waals surface area contributed by atoms with Crippen LogP contribution < -0.4 is 45.9 Å². The Bertz CT molecular complexity index is 6250. The van der Waals surface area contributed by atoms with Crippen LogP contribution in [-0.4, -0.2) is 329 Å². The highest BCUT2D eigenvalue weighted by molar-refractivity contribution is 6.28. The smallest absolute Gasteiger partial charge is 0.415 e. The zero-order valence-electron chi connectivity index (χ0n) is 73.6. The highest BCUT2D eigenvalue weighted by Crippen LogP contribution is 2.66. The molecule has 0 bridgehead atoms. The predicted molar refractivity (Wildman–Crippen MR) is 440 cm³/mol. The van der Waals surface area contributed by atoms with Crippen LogP contribution >= 0.6 is 0 Å². The zero-order valence-corrected chi connectivity index (χ0v) is 73.6. The molecule has 8 amide bonds. The number of rotatable bonds is 23. The third-order valence-corrected chi connectivity index (χ3v) is 28.4. The molecular weight excluding hydrogens is 1820 g/mol. The summed E-state index contributed by atoms with van der Waals surface area (Å²) in [6, 6.07) is -4.42. The van der Waals surface area contributed by atoms with Gasteiger partial charge in [-0.3, -0.25) is 58.0 Å². The molecule has 0 aromatic heterocycles. The summed E-state index contributed by atoms with van der Waals surface area (Å²) in [6.45, 7) is 4.75. The van der Waals surface area contributed by atoms with Crippen LogP contribution in [0.15, 0.2) is 131 Å². The number of ether oxygens (including phenoxy) is 12. The van der Waals surface area contributed by atoms with Crippen molar-refractivity contribution in [1.29, 1.82) is 0 Å². The van der Waals surface area contributed by atoms with E-state index in [1.807, 2.05) is 0 Å². The number of carbonyl (C=O) groups is 16. The maximum Gasteiger partial charge on any atom is 0.415 e. The van der Waals surface area contributed by atoms with E-state index in [9.17, 15) is 85.5 Å². The Morgan fingerprint density at radius 3 is 0.971 bits per heavy atom. The second kappa shape index (κ2) is 31.7. The molecule has 0 aromatic rings. The first-order chi connectivity index (χ1) is 64.8. The maximum atomic E-state index is 14.0. The maximum absolute atomic E-state index is 14.0. The van der Waals surface area contributed by atoms with Crippen molar-refractivity contribution in [2.45, 2.75) is 154 Å². The van der Waals surface area contributed by atoms with Crippen molar-refractivity contribution in [2.24, 2.45) is 110 Å². The number of ketones is 8.